The van der Waals surface area contributed by atoms with Gasteiger partial charge in [0.05, 0.1) is 6.04 Å². The van der Waals surface area contributed by atoms with Crippen LogP contribution in [0.15, 0.2) is 22.7 Å². The van der Waals surface area contributed by atoms with Crippen LogP contribution < -0.4 is 5.32 Å². The summed E-state index contributed by atoms with van der Waals surface area (Å²) in [5.41, 5.74) is 2.05. The molecule has 3 heteroatoms. The van der Waals surface area contributed by atoms with Crippen LogP contribution in [0.25, 0.3) is 0 Å². The van der Waals surface area contributed by atoms with Crippen LogP contribution >= 0.6 is 15.9 Å². The molecule has 1 atom stereocenters. The Kier molecular flexibility index (Phi) is 3.22. The topological polar surface area (TPSA) is 29.1 Å². The van der Waals surface area contributed by atoms with Crippen molar-refractivity contribution in [3.05, 3.63) is 33.8 Å². The van der Waals surface area contributed by atoms with Crippen LogP contribution in [0, 0.1) is 0 Å². The average molecular weight is 268 g/mol. The van der Waals surface area contributed by atoms with E-state index in [2.05, 4.69) is 21.2 Å². The van der Waals surface area contributed by atoms with E-state index in [1.165, 1.54) is 5.56 Å². The first-order valence-electron chi connectivity index (χ1n) is 5.28. The molecule has 0 saturated heterocycles. The van der Waals surface area contributed by atoms with Crippen molar-refractivity contribution in [2.75, 3.05) is 6.54 Å². The minimum absolute atomic E-state index is 0.0109. The number of hydrogen-bond donors (Lipinski definition) is 1. The predicted molar refractivity (Wildman–Crippen MR) is 64.3 cm³/mol. The number of nitrogens with one attached hydrogen (secondary N) is 1. The Morgan fingerprint density at radius 1 is 1.53 bits per heavy atom. The van der Waals surface area contributed by atoms with Gasteiger partial charge in [0.1, 0.15) is 0 Å². The van der Waals surface area contributed by atoms with E-state index in [-0.39, 0.29) is 11.8 Å². The van der Waals surface area contributed by atoms with Gasteiger partial charge in [0.25, 0.3) is 0 Å². The number of benzene rings is 1. The van der Waals surface area contributed by atoms with Crippen LogP contribution in [0.2, 0.25) is 0 Å². The van der Waals surface area contributed by atoms with Crippen molar-refractivity contribution in [2.45, 2.75) is 25.8 Å². The number of ketones is 1. The molecule has 0 fully saturated rings. The molecule has 0 bridgehead atoms. The SMILES string of the molecule is CCNC1CCc2ccc(Br)cc2C1=O. The lowest BCUT2D eigenvalue weighted by atomic mass is 9.87. The van der Waals surface area contributed by atoms with Gasteiger partial charge in [0.15, 0.2) is 5.78 Å². The molecular formula is C12H14BrNO. The van der Waals surface area contributed by atoms with Crippen LogP contribution in [-0.4, -0.2) is 18.4 Å². The molecule has 1 N–H and O–H groups in total. The maximum Gasteiger partial charge on any atom is 0.180 e. The molecule has 0 heterocycles. The number of likely N-dealkylation sites (N-methyl/N-ethyl adjacent to an activating group) is 1. The van der Waals surface area contributed by atoms with Gasteiger partial charge in [-0.2, -0.15) is 0 Å². The second kappa shape index (κ2) is 4.45. The molecule has 0 saturated carbocycles. The first-order chi connectivity index (χ1) is 7.22. The predicted octanol–water partition coefficient (Wildman–Crippen LogP) is 2.56. The first-order valence-corrected chi connectivity index (χ1v) is 6.07. The van der Waals surface area contributed by atoms with Gasteiger partial charge in [-0.25, -0.2) is 0 Å². The fourth-order valence-corrected chi connectivity index (χ4v) is 2.42. The molecule has 2 rings (SSSR count). The summed E-state index contributed by atoms with van der Waals surface area (Å²) in [5, 5.41) is 3.23. The molecular weight excluding hydrogens is 254 g/mol. The van der Waals surface area contributed by atoms with Crippen molar-refractivity contribution in [1.29, 1.82) is 0 Å². The summed E-state index contributed by atoms with van der Waals surface area (Å²) in [6.07, 6.45) is 1.91. The molecule has 2 nitrogen and oxygen atoms in total. The highest BCUT2D eigenvalue weighted by Crippen LogP contribution is 2.24. The molecule has 0 radical (unpaired) electrons. The van der Waals surface area contributed by atoms with Crippen molar-refractivity contribution in [1.82, 2.24) is 5.32 Å². The molecule has 1 aromatic rings. The highest BCUT2D eigenvalue weighted by Gasteiger charge is 2.26. The summed E-state index contributed by atoms with van der Waals surface area (Å²) < 4.78 is 0.978. The van der Waals surface area contributed by atoms with Gasteiger partial charge < -0.3 is 5.32 Å². The van der Waals surface area contributed by atoms with E-state index in [1.807, 2.05) is 25.1 Å². The third kappa shape index (κ3) is 2.13. The fraction of sp³-hybridized carbons (Fsp3) is 0.417. The van der Waals surface area contributed by atoms with E-state index in [0.717, 1.165) is 29.4 Å². The molecule has 15 heavy (non-hydrogen) atoms. The van der Waals surface area contributed by atoms with Gasteiger partial charge in [-0.05, 0) is 37.1 Å². The largest absolute Gasteiger partial charge is 0.307 e. The zero-order valence-electron chi connectivity index (χ0n) is 8.72. The molecule has 0 spiro atoms. The zero-order valence-corrected chi connectivity index (χ0v) is 10.3. The Balaban J connectivity index is 2.32. The number of halogens is 1. The number of carbonyl (C=O) groups excluding carboxylic acids is 1. The monoisotopic (exact) mass is 267 g/mol. The smallest absolute Gasteiger partial charge is 0.180 e. The molecule has 80 valence electrons. The maximum atomic E-state index is 12.1. The van der Waals surface area contributed by atoms with E-state index in [0.29, 0.717) is 0 Å². The Morgan fingerprint density at radius 3 is 3.07 bits per heavy atom. The Bertz CT molecular complexity index is 389. The normalized spacial score (nSPS) is 20.1. The van der Waals surface area contributed by atoms with Crippen LogP contribution in [-0.2, 0) is 6.42 Å². The highest BCUT2D eigenvalue weighted by atomic mass is 79.9. The van der Waals surface area contributed by atoms with E-state index in [1.54, 1.807) is 0 Å². The van der Waals surface area contributed by atoms with Crippen LogP contribution in [0.4, 0.5) is 0 Å². The summed E-state index contributed by atoms with van der Waals surface area (Å²) in [4.78, 5) is 12.1. The average Bonchev–Trinajstić information content (AvgIpc) is 2.23. The van der Waals surface area contributed by atoms with Gasteiger partial charge in [0, 0.05) is 10.0 Å². The molecule has 1 aliphatic carbocycles. The van der Waals surface area contributed by atoms with Gasteiger partial charge in [-0.3, -0.25) is 4.79 Å². The Hall–Kier alpha value is -0.670. The lowest BCUT2D eigenvalue weighted by molar-refractivity contribution is 0.0929. The minimum Gasteiger partial charge on any atom is -0.307 e. The number of hydrogen-bond acceptors (Lipinski definition) is 2. The summed E-state index contributed by atoms with van der Waals surface area (Å²) in [7, 11) is 0. The Labute approximate surface area is 98.2 Å². The van der Waals surface area contributed by atoms with Gasteiger partial charge >= 0.3 is 0 Å². The molecule has 0 amide bonds. The number of Topliss-reactive ketones (excluding diaryl/α,β-unsaturated/α-hetero) is 1. The highest BCUT2D eigenvalue weighted by molar-refractivity contribution is 9.10. The van der Waals surface area contributed by atoms with Crippen molar-refractivity contribution in [2.24, 2.45) is 0 Å². The standard InChI is InChI=1S/C12H14BrNO/c1-2-14-11-6-4-8-3-5-9(13)7-10(8)12(11)15/h3,5,7,11,14H,2,4,6H2,1H3. The lowest BCUT2D eigenvalue weighted by Gasteiger charge is -2.23. The van der Waals surface area contributed by atoms with E-state index >= 15 is 0 Å². The van der Waals surface area contributed by atoms with Crippen molar-refractivity contribution in [3.63, 3.8) is 0 Å². The summed E-state index contributed by atoms with van der Waals surface area (Å²) in [6, 6.07) is 5.98. The summed E-state index contributed by atoms with van der Waals surface area (Å²) >= 11 is 3.40. The molecule has 0 aliphatic heterocycles. The van der Waals surface area contributed by atoms with Gasteiger partial charge in [-0.15, -0.1) is 0 Å². The number of rotatable bonds is 2. The van der Waals surface area contributed by atoms with Crippen molar-refractivity contribution >= 4 is 21.7 Å². The second-order valence-corrected chi connectivity index (χ2v) is 4.73. The number of aryl methyl sites for hydroxylation is 1. The fourth-order valence-electron chi connectivity index (χ4n) is 2.06. The van der Waals surface area contributed by atoms with Crippen LogP contribution in [0.1, 0.15) is 29.3 Å². The van der Waals surface area contributed by atoms with Crippen LogP contribution in [0.3, 0.4) is 0 Å². The molecule has 1 aliphatic rings. The minimum atomic E-state index is 0.0109. The van der Waals surface area contributed by atoms with E-state index < -0.39 is 0 Å². The third-order valence-corrected chi connectivity index (χ3v) is 3.30. The van der Waals surface area contributed by atoms with Gasteiger partial charge in [0.2, 0.25) is 0 Å². The van der Waals surface area contributed by atoms with Gasteiger partial charge in [-0.1, -0.05) is 28.9 Å². The summed E-state index contributed by atoms with van der Waals surface area (Å²) in [5.74, 6) is 0.236. The third-order valence-electron chi connectivity index (χ3n) is 2.81. The van der Waals surface area contributed by atoms with E-state index in [4.69, 9.17) is 0 Å². The zero-order chi connectivity index (χ0) is 10.8. The van der Waals surface area contributed by atoms with Crippen molar-refractivity contribution in [3.8, 4) is 0 Å². The second-order valence-electron chi connectivity index (χ2n) is 3.81. The molecule has 1 aromatic carbocycles. The molecule has 0 aromatic heterocycles. The quantitative estimate of drug-likeness (QED) is 0.893. The first kappa shape index (κ1) is 10.8. The maximum absolute atomic E-state index is 12.1. The van der Waals surface area contributed by atoms with E-state index in [9.17, 15) is 4.79 Å². The van der Waals surface area contributed by atoms with Crippen molar-refractivity contribution < 1.29 is 4.79 Å². The number of fused-ring (bicyclic) bond motifs is 1. The summed E-state index contributed by atoms with van der Waals surface area (Å²) in [6.45, 7) is 2.88. The van der Waals surface area contributed by atoms with Crippen LogP contribution in [0.5, 0.6) is 0 Å². The lowest BCUT2D eigenvalue weighted by Crippen LogP contribution is -2.40. The number of carbonyl (C=O) groups is 1. The molecule has 1 unspecified atom stereocenters. The Morgan fingerprint density at radius 2 is 2.33 bits per heavy atom.